The van der Waals surface area contributed by atoms with Crippen molar-refractivity contribution in [3.8, 4) is 0 Å². The Morgan fingerprint density at radius 3 is 2.22 bits per heavy atom. The van der Waals surface area contributed by atoms with Crippen LogP contribution in [0.15, 0.2) is 78.9 Å². The third kappa shape index (κ3) is 6.84. The van der Waals surface area contributed by atoms with Crippen molar-refractivity contribution in [3.63, 3.8) is 0 Å². The molecule has 3 atom stereocenters. The zero-order valence-electron chi connectivity index (χ0n) is 21.2. The minimum Gasteiger partial charge on any atom is -0.392 e. The van der Waals surface area contributed by atoms with Crippen molar-refractivity contribution < 1.29 is 19.4 Å². The molecule has 1 amide bonds. The molecule has 3 aromatic carbocycles. The van der Waals surface area contributed by atoms with Gasteiger partial charge in [0.2, 0.25) is 0 Å². The first kappa shape index (κ1) is 25.6. The van der Waals surface area contributed by atoms with Crippen LogP contribution in [0.5, 0.6) is 0 Å². The molecule has 2 fully saturated rings. The fraction of sp³-hybridized carbons (Fsp3) is 0.387. The summed E-state index contributed by atoms with van der Waals surface area (Å²) in [6, 6.07) is 25.4. The van der Waals surface area contributed by atoms with Gasteiger partial charge in [0.05, 0.1) is 18.8 Å². The Labute approximate surface area is 219 Å². The molecule has 37 heavy (non-hydrogen) atoms. The molecule has 0 spiro atoms. The van der Waals surface area contributed by atoms with Gasteiger partial charge in [-0.3, -0.25) is 4.79 Å². The zero-order chi connectivity index (χ0) is 25.5. The molecule has 0 aromatic heterocycles. The van der Waals surface area contributed by atoms with Crippen LogP contribution in [0.25, 0.3) is 0 Å². The van der Waals surface area contributed by atoms with E-state index in [-0.39, 0.29) is 24.7 Å². The number of aliphatic hydroxyl groups is 1. The van der Waals surface area contributed by atoms with Crippen LogP contribution in [-0.4, -0.2) is 41.7 Å². The third-order valence-electron chi connectivity index (χ3n) is 7.27. The normalized spacial score (nSPS) is 22.5. The van der Waals surface area contributed by atoms with Crippen LogP contribution in [0.1, 0.15) is 70.7 Å². The second-order valence-corrected chi connectivity index (χ2v) is 10.0. The highest BCUT2D eigenvalue weighted by Crippen LogP contribution is 2.38. The van der Waals surface area contributed by atoms with Crippen molar-refractivity contribution in [2.75, 3.05) is 19.6 Å². The smallest absolute Gasteiger partial charge is 0.251 e. The number of likely N-dealkylation sites (tertiary alicyclic amines) is 1. The molecule has 194 valence electrons. The first-order chi connectivity index (χ1) is 18.2. The van der Waals surface area contributed by atoms with Crippen molar-refractivity contribution in [2.24, 2.45) is 0 Å². The minimum atomic E-state index is -0.459. The molecule has 2 heterocycles. The number of hydrogen-bond acceptors (Lipinski definition) is 5. The maximum absolute atomic E-state index is 12.4. The number of ether oxygens (including phenoxy) is 2. The van der Waals surface area contributed by atoms with Crippen LogP contribution in [0.2, 0.25) is 0 Å². The van der Waals surface area contributed by atoms with Gasteiger partial charge in [-0.25, -0.2) is 0 Å². The maximum Gasteiger partial charge on any atom is 0.251 e. The molecule has 0 aliphatic carbocycles. The summed E-state index contributed by atoms with van der Waals surface area (Å²) >= 11 is 0. The second-order valence-electron chi connectivity index (χ2n) is 10.0. The Balaban J connectivity index is 1.26. The van der Waals surface area contributed by atoms with Gasteiger partial charge in [0.15, 0.2) is 6.29 Å². The number of rotatable bonds is 8. The van der Waals surface area contributed by atoms with Gasteiger partial charge in [-0.05, 0) is 54.8 Å². The van der Waals surface area contributed by atoms with E-state index in [9.17, 15) is 9.90 Å². The average molecular weight is 501 g/mol. The van der Waals surface area contributed by atoms with Gasteiger partial charge < -0.3 is 24.8 Å². The zero-order valence-corrected chi connectivity index (χ0v) is 21.2. The first-order valence-electron chi connectivity index (χ1n) is 13.3. The number of nitrogens with zero attached hydrogens (tertiary/aromatic N) is 1. The predicted octanol–water partition coefficient (Wildman–Crippen LogP) is 5.14. The molecule has 2 aliphatic heterocycles. The Bertz CT molecular complexity index is 1130. The predicted molar refractivity (Wildman–Crippen MR) is 143 cm³/mol. The Morgan fingerprint density at radius 1 is 0.838 bits per heavy atom. The number of benzene rings is 3. The monoisotopic (exact) mass is 500 g/mol. The summed E-state index contributed by atoms with van der Waals surface area (Å²) < 4.78 is 13.0. The lowest BCUT2D eigenvalue weighted by atomic mass is 9.99. The lowest BCUT2D eigenvalue weighted by Gasteiger charge is -2.39. The number of aliphatic hydroxyl groups excluding tert-OH is 1. The first-order valence-corrected chi connectivity index (χ1v) is 13.3. The highest BCUT2D eigenvalue weighted by atomic mass is 16.7. The van der Waals surface area contributed by atoms with E-state index in [0.29, 0.717) is 12.1 Å². The van der Waals surface area contributed by atoms with Crippen molar-refractivity contribution in [1.82, 2.24) is 10.2 Å². The van der Waals surface area contributed by atoms with Gasteiger partial charge in [0.1, 0.15) is 0 Å². The van der Waals surface area contributed by atoms with Gasteiger partial charge in [-0.15, -0.1) is 0 Å². The fourth-order valence-corrected chi connectivity index (χ4v) is 5.13. The van der Waals surface area contributed by atoms with Crippen molar-refractivity contribution in [3.05, 3.63) is 107 Å². The lowest BCUT2D eigenvalue weighted by molar-refractivity contribution is -0.253. The summed E-state index contributed by atoms with van der Waals surface area (Å²) in [5, 5.41) is 12.4. The second kappa shape index (κ2) is 12.5. The molecular formula is C31H36N2O4. The molecule has 2 saturated heterocycles. The van der Waals surface area contributed by atoms with Gasteiger partial charge in [0, 0.05) is 30.6 Å². The molecule has 6 nitrogen and oxygen atoms in total. The van der Waals surface area contributed by atoms with E-state index in [1.54, 1.807) is 0 Å². The van der Waals surface area contributed by atoms with Crippen molar-refractivity contribution in [2.45, 2.75) is 57.3 Å². The summed E-state index contributed by atoms with van der Waals surface area (Å²) in [6.07, 6.45) is 4.15. The molecule has 0 radical (unpaired) electrons. The Hall–Kier alpha value is -3.03. The highest BCUT2D eigenvalue weighted by molar-refractivity contribution is 5.94. The molecule has 0 unspecified atom stereocenters. The summed E-state index contributed by atoms with van der Waals surface area (Å²) in [5.74, 6) is -0.0840. The highest BCUT2D eigenvalue weighted by Gasteiger charge is 2.33. The van der Waals surface area contributed by atoms with Gasteiger partial charge in [-0.2, -0.15) is 0 Å². The molecular weight excluding hydrogens is 464 g/mol. The number of nitrogens with one attached hydrogen (secondary N) is 1. The summed E-state index contributed by atoms with van der Waals surface area (Å²) in [7, 11) is 0. The molecule has 0 saturated carbocycles. The largest absolute Gasteiger partial charge is 0.392 e. The summed E-state index contributed by atoms with van der Waals surface area (Å²) in [4.78, 5) is 14.9. The standard InChI is InChI=1S/C31H36N2O4/c34-22-24-11-13-25(14-12-24)29-19-28(21-33-17-5-2-6-18-33)36-31(37-29)27-15-9-23(10-16-27)20-32-30(35)26-7-3-1-4-8-26/h1,3-4,7-16,28-29,31,34H,2,5-6,17-22H2,(H,32,35)/t28-,29+,31+/m0/s1. The quantitative estimate of drug-likeness (QED) is 0.448. The van der Waals surface area contributed by atoms with Crippen LogP contribution in [0, 0.1) is 0 Å². The van der Waals surface area contributed by atoms with E-state index in [1.165, 1.54) is 19.3 Å². The molecule has 0 bridgehead atoms. The minimum absolute atomic E-state index is 0.0350. The van der Waals surface area contributed by atoms with Crippen LogP contribution >= 0.6 is 0 Å². The number of carbonyl (C=O) groups excluding carboxylic acids is 1. The number of amides is 1. The van der Waals surface area contributed by atoms with Gasteiger partial charge in [0.25, 0.3) is 5.91 Å². The SMILES string of the molecule is O=C(NCc1ccc([C@@H]2O[C@H](CN3CCCCC3)C[C@H](c3ccc(CO)cc3)O2)cc1)c1ccccc1. The van der Waals surface area contributed by atoms with Crippen molar-refractivity contribution >= 4 is 5.91 Å². The summed E-state index contributed by atoms with van der Waals surface area (Å²) in [6.45, 7) is 3.66. The third-order valence-corrected chi connectivity index (χ3v) is 7.27. The fourth-order valence-electron chi connectivity index (χ4n) is 5.13. The molecule has 2 N–H and O–H groups in total. The summed E-state index contributed by atoms with van der Waals surface area (Å²) in [5.41, 5.74) is 4.64. The Morgan fingerprint density at radius 2 is 1.51 bits per heavy atom. The molecule has 5 rings (SSSR count). The number of piperidine rings is 1. The van der Waals surface area contributed by atoms with E-state index in [0.717, 1.165) is 48.3 Å². The maximum atomic E-state index is 12.4. The van der Waals surface area contributed by atoms with Crippen LogP contribution < -0.4 is 5.32 Å². The molecule has 2 aliphatic rings. The van der Waals surface area contributed by atoms with E-state index >= 15 is 0 Å². The number of carbonyl (C=O) groups is 1. The molecule has 6 heteroatoms. The van der Waals surface area contributed by atoms with Gasteiger partial charge >= 0.3 is 0 Å². The van der Waals surface area contributed by atoms with E-state index in [4.69, 9.17) is 9.47 Å². The van der Waals surface area contributed by atoms with Gasteiger partial charge in [-0.1, -0.05) is 73.2 Å². The van der Waals surface area contributed by atoms with E-state index in [2.05, 4.69) is 22.3 Å². The molecule has 3 aromatic rings. The van der Waals surface area contributed by atoms with Crippen LogP contribution in [0.3, 0.4) is 0 Å². The van der Waals surface area contributed by atoms with E-state index in [1.807, 2.05) is 66.7 Å². The van der Waals surface area contributed by atoms with Crippen LogP contribution in [0.4, 0.5) is 0 Å². The number of hydrogen-bond donors (Lipinski definition) is 2. The van der Waals surface area contributed by atoms with Crippen LogP contribution in [-0.2, 0) is 22.6 Å². The van der Waals surface area contributed by atoms with E-state index < -0.39 is 6.29 Å². The average Bonchev–Trinajstić information content (AvgIpc) is 2.97. The topological polar surface area (TPSA) is 71.0 Å². The lowest BCUT2D eigenvalue weighted by Crippen LogP contribution is -2.41. The van der Waals surface area contributed by atoms with Crippen molar-refractivity contribution in [1.29, 1.82) is 0 Å². The Kier molecular flexibility index (Phi) is 8.64.